The SMILES string of the molecule is COc1ccc(CCNC(=O)/C=C/c2coc3ccccc3c2=O)cc1. The van der Waals surface area contributed by atoms with E-state index in [1.54, 1.807) is 31.4 Å². The molecule has 132 valence electrons. The lowest BCUT2D eigenvalue weighted by Gasteiger charge is -2.04. The Bertz CT molecular complexity index is 987. The lowest BCUT2D eigenvalue weighted by Crippen LogP contribution is -2.23. The van der Waals surface area contributed by atoms with Crippen LogP contribution in [0.3, 0.4) is 0 Å². The number of carbonyl (C=O) groups excluding carboxylic acids is 1. The second-order valence-corrected chi connectivity index (χ2v) is 5.74. The van der Waals surface area contributed by atoms with E-state index in [0.29, 0.717) is 29.5 Å². The fraction of sp³-hybridized carbons (Fsp3) is 0.143. The highest BCUT2D eigenvalue weighted by Gasteiger charge is 2.04. The van der Waals surface area contributed by atoms with Gasteiger partial charge in [-0.15, -0.1) is 0 Å². The van der Waals surface area contributed by atoms with Crippen molar-refractivity contribution >= 4 is 23.0 Å². The smallest absolute Gasteiger partial charge is 0.244 e. The standard InChI is InChI=1S/C21H19NO4/c1-25-17-9-6-15(7-10-17)12-13-22-20(23)11-8-16-14-26-19-5-3-2-4-18(19)21(16)24/h2-11,14H,12-13H2,1H3,(H,22,23)/b11-8+. The van der Waals surface area contributed by atoms with Crippen molar-refractivity contribution < 1.29 is 13.9 Å². The summed E-state index contributed by atoms with van der Waals surface area (Å²) in [4.78, 5) is 24.3. The summed E-state index contributed by atoms with van der Waals surface area (Å²) in [6, 6.07) is 14.7. The maximum absolute atomic E-state index is 12.3. The number of nitrogens with one attached hydrogen (secondary N) is 1. The van der Waals surface area contributed by atoms with E-state index in [2.05, 4.69) is 5.32 Å². The molecule has 0 saturated heterocycles. The Balaban J connectivity index is 1.57. The molecule has 0 aliphatic carbocycles. The molecule has 0 fully saturated rings. The van der Waals surface area contributed by atoms with Crippen molar-refractivity contribution in [3.8, 4) is 5.75 Å². The second kappa shape index (κ2) is 8.16. The van der Waals surface area contributed by atoms with Gasteiger partial charge in [-0.2, -0.15) is 0 Å². The van der Waals surface area contributed by atoms with Crippen molar-refractivity contribution in [2.75, 3.05) is 13.7 Å². The molecule has 0 aliphatic heterocycles. The molecule has 1 aromatic heterocycles. The molecular weight excluding hydrogens is 330 g/mol. The molecule has 0 spiro atoms. The quantitative estimate of drug-likeness (QED) is 0.694. The van der Waals surface area contributed by atoms with Crippen LogP contribution in [0, 0.1) is 0 Å². The number of hydrogen-bond acceptors (Lipinski definition) is 4. The van der Waals surface area contributed by atoms with E-state index in [1.807, 2.05) is 24.3 Å². The summed E-state index contributed by atoms with van der Waals surface area (Å²) >= 11 is 0. The Morgan fingerprint density at radius 2 is 1.92 bits per heavy atom. The van der Waals surface area contributed by atoms with Crippen molar-refractivity contribution in [1.29, 1.82) is 0 Å². The van der Waals surface area contributed by atoms with Gasteiger partial charge >= 0.3 is 0 Å². The first kappa shape index (κ1) is 17.5. The average Bonchev–Trinajstić information content (AvgIpc) is 2.68. The normalized spacial score (nSPS) is 11.0. The molecule has 0 saturated carbocycles. The Morgan fingerprint density at radius 1 is 1.15 bits per heavy atom. The predicted molar refractivity (Wildman–Crippen MR) is 101 cm³/mol. The number of carbonyl (C=O) groups is 1. The molecule has 0 atom stereocenters. The van der Waals surface area contributed by atoms with Gasteiger partial charge in [0.2, 0.25) is 5.91 Å². The van der Waals surface area contributed by atoms with Crippen LogP contribution in [0.2, 0.25) is 0 Å². The van der Waals surface area contributed by atoms with Gasteiger partial charge in [0.15, 0.2) is 5.43 Å². The number of rotatable bonds is 6. The van der Waals surface area contributed by atoms with E-state index in [1.165, 1.54) is 18.4 Å². The fourth-order valence-corrected chi connectivity index (χ4v) is 2.55. The van der Waals surface area contributed by atoms with Crippen LogP contribution >= 0.6 is 0 Å². The minimum atomic E-state index is -0.258. The molecule has 2 aromatic carbocycles. The fourth-order valence-electron chi connectivity index (χ4n) is 2.55. The van der Waals surface area contributed by atoms with Crippen LogP contribution in [0.25, 0.3) is 17.0 Å². The summed E-state index contributed by atoms with van der Waals surface area (Å²) in [5, 5.41) is 3.29. The van der Waals surface area contributed by atoms with Gasteiger partial charge in [-0.05, 0) is 42.3 Å². The molecule has 3 rings (SSSR count). The highest BCUT2D eigenvalue weighted by molar-refractivity contribution is 5.92. The number of amides is 1. The summed E-state index contributed by atoms with van der Waals surface area (Å²) in [6.45, 7) is 0.502. The molecule has 0 unspecified atom stereocenters. The summed E-state index contributed by atoms with van der Waals surface area (Å²) in [5.74, 6) is 0.543. The Hall–Kier alpha value is -3.34. The van der Waals surface area contributed by atoms with Crippen LogP contribution in [0.1, 0.15) is 11.1 Å². The highest BCUT2D eigenvalue weighted by Crippen LogP contribution is 2.12. The van der Waals surface area contributed by atoms with Crippen molar-refractivity contribution in [2.24, 2.45) is 0 Å². The third kappa shape index (κ3) is 4.19. The van der Waals surface area contributed by atoms with E-state index in [9.17, 15) is 9.59 Å². The molecule has 26 heavy (non-hydrogen) atoms. The minimum absolute atomic E-state index is 0.158. The van der Waals surface area contributed by atoms with Gasteiger partial charge in [0, 0.05) is 12.6 Å². The molecule has 1 heterocycles. The molecule has 0 aliphatic rings. The molecular formula is C21H19NO4. The first-order valence-electron chi connectivity index (χ1n) is 8.27. The van der Waals surface area contributed by atoms with Crippen molar-refractivity contribution in [3.63, 3.8) is 0 Å². The van der Waals surface area contributed by atoms with Gasteiger partial charge in [-0.1, -0.05) is 24.3 Å². The number of methoxy groups -OCH3 is 1. The molecule has 5 nitrogen and oxygen atoms in total. The van der Waals surface area contributed by atoms with E-state index >= 15 is 0 Å². The third-order valence-electron chi connectivity index (χ3n) is 3.99. The van der Waals surface area contributed by atoms with Crippen molar-refractivity contribution in [3.05, 3.63) is 82.2 Å². The van der Waals surface area contributed by atoms with Gasteiger partial charge < -0.3 is 14.5 Å². The zero-order chi connectivity index (χ0) is 18.4. The van der Waals surface area contributed by atoms with E-state index in [0.717, 1.165) is 11.3 Å². The second-order valence-electron chi connectivity index (χ2n) is 5.74. The lowest BCUT2D eigenvalue weighted by molar-refractivity contribution is -0.116. The highest BCUT2D eigenvalue weighted by atomic mass is 16.5. The molecule has 1 N–H and O–H groups in total. The number of hydrogen-bond donors (Lipinski definition) is 1. The van der Waals surface area contributed by atoms with Crippen LogP contribution < -0.4 is 15.5 Å². The Morgan fingerprint density at radius 3 is 2.69 bits per heavy atom. The monoisotopic (exact) mass is 349 g/mol. The first-order valence-corrected chi connectivity index (χ1v) is 8.27. The maximum atomic E-state index is 12.3. The van der Waals surface area contributed by atoms with E-state index < -0.39 is 0 Å². The van der Waals surface area contributed by atoms with Crippen LogP contribution in [0.5, 0.6) is 5.75 Å². The summed E-state index contributed by atoms with van der Waals surface area (Å²) < 4.78 is 10.5. The van der Waals surface area contributed by atoms with Crippen LogP contribution in [-0.4, -0.2) is 19.6 Å². The molecule has 3 aromatic rings. The molecule has 0 bridgehead atoms. The largest absolute Gasteiger partial charge is 0.497 e. The first-order chi connectivity index (χ1) is 12.7. The molecule has 5 heteroatoms. The lowest BCUT2D eigenvalue weighted by atomic mass is 10.1. The van der Waals surface area contributed by atoms with Crippen molar-refractivity contribution in [1.82, 2.24) is 5.32 Å². The molecule has 1 amide bonds. The number of fused-ring (bicyclic) bond motifs is 1. The average molecular weight is 349 g/mol. The number of para-hydroxylation sites is 1. The van der Waals surface area contributed by atoms with Crippen LogP contribution in [-0.2, 0) is 11.2 Å². The van der Waals surface area contributed by atoms with Gasteiger partial charge in [0.25, 0.3) is 0 Å². The third-order valence-corrected chi connectivity index (χ3v) is 3.99. The Kier molecular flexibility index (Phi) is 5.49. The molecule has 0 radical (unpaired) electrons. The predicted octanol–water partition coefficient (Wildman–Crippen LogP) is 3.17. The zero-order valence-electron chi connectivity index (χ0n) is 14.4. The number of ether oxygens (including phenoxy) is 1. The summed E-state index contributed by atoms with van der Waals surface area (Å²) in [6.07, 6.45) is 4.89. The van der Waals surface area contributed by atoms with Crippen LogP contribution in [0.4, 0.5) is 0 Å². The van der Waals surface area contributed by atoms with E-state index in [-0.39, 0.29) is 11.3 Å². The minimum Gasteiger partial charge on any atom is -0.497 e. The maximum Gasteiger partial charge on any atom is 0.244 e. The van der Waals surface area contributed by atoms with Crippen molar-refractivity contribution in [2.45, 2.75) is 6.42 Å². The van der Waals surface area contributed by atoms with Gasteiger partial charge in [0.1, 0.15) is 17.6 Å². The summed E-state index contributed by atoms with van der Waals surface area (Å²) in [7, 11) is 1.62. The van der Waals surface area contributed by atoms with Gasteiger partial charge in [-0.3, -0.25) is 9.59 Å². The Labute approximate surface area is 150 Å². The van der Waals surface area contributed by atoms with Crippen LogP contribution in [0.15, 0.2) is 70.1 Å². The summed E-state index contributed by atoms with van der Waals surface area (Å²) in [5.41, 5.74) is 1.81. The number of benzene rings is 2. The van der Waals surface area contributed by atoms with E-state index in [4.69, 9.17) is 9.15 Å². The van der Waals surface area contributed by atoms with Gasteiger partial charge in [0.05, 0.1) is 18.1 Å². The topological polar surface area (TPSA) is 68.5 Å². The zero-order valence-corrected chi connectivity index (χ0v) is 14.4. The van der Waals surface area contributed by atoms with Gasteiger partial charge in [-0.25, -0.2) is 0 Å².